The summed E-state index contributed by atoms with van der Waals surface area (Å²) in [6.45, 7) is 2.34. The highest BCUT2D eigenvalue weighted by atomic mass is 16.7. The molecule has 0 heterocycles. The van der Waals surface area contributed by atoms with Crippen LogP contribution in [0.5, 0.6) is 0 Å². The van der Waals surface area contributed by atoms with Crippen LogP contribution < -0.4 is 0 Å². The molecule has 0 rings (SSSR count). The first-order valence-corrected chi connectivity index (χ1v) is 3.86. The summed E-state index contributed by atoms with van der Waals surface area (Å²) in [6, 6.07) is 0. The van der Waals surface area contributed by atoms with Crippen molar-refractivity contribution in [1.82, 2.24) is 0 Å². The Morgan fingerprint density at radius 1 is 1.27 bits per heavy atom. The molecule has 1 N–H and O–H groups in total. The van der Waals surface area contributed by atoms with E-state index in [1.807, 2.05) is 0 Å². The SMILES string of the molecule is C=CC(=O)OC(=O)COCCOC(=O)O. The molecule has 0 radical (unpaired) electrons. The predicted octanol–water partition coefficient (Wildman–Crippen LogP) is -0.0466. The minimum atomic E-state index is -1.43. The molecule has 0 fully saturated rings. The number of ether oxygens (including phenoxy) is 3. The van der Waals surface area contributed by atoms with E-state index in [0.717, 1.165) is 6.08 Å². The summed E-state index contributed by atoms with van der Waals surface area (Å²) < 4.78 is 12.9. The largest absolute Gasteiger partial charge is 0.505 e. The van der Waals surface area contributed by atoms with E-state index in [-0.39, 0.29) is 13.2 Å². The Hall–Kier alpha value is -1.89. The molecule has 0 atom stereocenters. The molecule has 0 unspecified atom stereocenters. The number of carbonyl (C=O) groups is 3. The maximum Gasteiger partial charge on any atom is 0.505 e. The van der Waals surface area contributed by atoms with Crippen LogP contribution in [0.15, 0.2) is 12.7 Å². The zero-order valence-corrected chi connectivity index (χ0v) is 7.80. The van der Waals surface area contributed by atoms with Crippen molar-refractivity contribution in [2.24, 2.45) is 0 Å². The molecule has 0 spiro atoms. The molecule has 0 bridgehead atoms. The minimum absolute atomic E-state index is 0.0936. The lowest BCUT2D eigenvalue weighted by Crippen LogP contribution is -2.18. The van der Waals surface area contributed by atoms with Crippen LogP contribution in [0.3, 0.4) is 0 Å². The molecule has 0 aliphatic carbocycles. The van der Waals surface area contributed by atoms with Gasteiger partial charge in [-0.05, 0) is 0 Å². The van der Waals surface area contributed by atoms with E-state index in [9.17, 15) is 14.4 Å². The molecule has 0 aromatic rings. The zero-order valence-electron chi connectivity index (χ0n) is 7.80. The second-order valence-electron chi connectivity index (χ2n) is 2.16. The quantitative estimate of drug-likeness (QED) is 0.289. The molecule has 0 amide bonds. The summed E-state index contributed by atoms with van der Waals surface area (Å²) in [5.74, 6) is -1.75. The Bertz CT molecular complexity index is 258. The summed E-state index contributed by atoms with van der Waals surface area (Å²) in [6.07, 6.45) is -0.589. The van der Waals surface area contributed by atoms with Crippen molar-refractivity contribution >= 4 is 18.1 Å². The number of rotatable bonds is 6. The van der Waals surface area contributed by atoms with Gasteiger partial charge in [-0.25, -0.2) is 14.4 Å². The molecule has 0 aromatic heterocycles. The van der Waals surface area contributed by atoms with E-state index in [0.29, 0.717) is 0 Å². The van der Waals surface area contributed by atoms with E-state index in [2.05, 4.69) is 20.8 Å². The highest BCUT2D eigenvalue weighted by molar-refractivity contribution is 5.92. The fourth-order valence-corrected chi connectivity index (χ4v) is 0.527. The van der Waals surface area contributed by atoms with E-state index in [1.165, 1.54) is 0 Å². The molecule has 84 valence electrons. The van der Waals surface area contributed by atoms with Crippen LogP contribution in [0.2, 0.25) is 0 Å². The third-order valence-electron chi connectivity index (χ3n) is 1.05. The van der Waals surface area contributed by atoms with Gasteiger partial charge in [0.15, 0.2) is 0 Å². The van der Waals surface area contributed by atoms with Crippen LogP contribution in [0.1, 0.15) is 0 Å². The Labute approximate surface area is 85.2 Å². The van der Waals surface area contributed by atoms with E-state index >= 15 is 0 Å². The second-order valence-corrected chi connectivity index (χ2v) is 2.16. The van der Waals surface area contributed by atoms with Gasteiger partial charge in [-0.15, -0.1) is 0 Å². The number of carboxylic acid groups (broad SMARTS) is 1. The van der Waals surface area contributed by atoms with Crippen molar-refractivity contribution in [2.45, 2.75) is 0 Å². The van der Waals surface area contributed by atoms with Crippen LogP contribution in [0, 0.1) is 0 Å². The molecule has 0 saturated heterocycles. The van der Waals surface area contributed by atoms with Crippen molar-refractivity contribution < 1.29 is 33.7 Å². The lowest BCUT2D eigenvalue weighted by atomic mass is 10.6. The topological polar surface area (TPSA) is 99.1 Å². The van der Waals surface area contributed by atoms with Crippen molar-refractivity contribution in [3.8, 4) is 0 Å². The lowest BCUT2D eigenvalue weighted by molar-refractivity contribution is -0.159. The summed E-state index contributed by atoms with van der Waals surface area (Å²) in [5.41, 5.74) is 0. The van der Waals surface area contributed by atoms with Gasteiger partial charge >= 0.3 is 18.1 Å². The first kappa shape index (κ1) is 13.1. The fraction of sp³-hybridized carbons (Fsp3) is 0.375. The summed E-state index contributed by atoms with van der Waals surface area (Å²) in [4.78, 5) is 31.1. The molecule has 0 aliphatic heterocycles. The van der Waals surface area contributed by atoms with Crippen LogP contribution in [0.25, 0.3) is 0 Å². The van der Waals surface area contributed by atoms with Crippen LogP contribution in [-0.4, -0.2) is 43.0 Å². The monoisotopic (exact) mass is 218 g/mol. The number of carbonyl (C=O) groups excluding carboxylic acids is 2. The van der Waals surface area contributed by atoms with E-state index < -0.39 is 24.7 Å². The molecule has 0 saturated carbocycles. The first-order valence-electron chi connectivity index (χ1n) is 3.86. The molecule has 0 aliphatic rings. The van der Waals surface area contributed by atoms with Gasteiger partial charge in [0.2, 0.25) is 0 Å². The number of hydrogen-bond acceptors (Lipinski definition) is 6. The van der Waals surface area contributed by atoms with Gasteiger partial charge in [0, 0.05) is 6.08 Å². The number of hydrogen-bond donors (Lipinski definition) is 1. The van der Waals surface area contributed by atoms with Crippen LogP contribution >= 0.6 is 0 Å². The van der Waals surface area contributed by atoms with E-state index in [1.54, 1.807) is 0 Å². The third kappa shape index (κ3) is 8.44. The molecule has 0 aromatic carbocycles. The third-order valence-corrected chi connectivity index (χ3v) is 1.05. The molecule has 7 heteroatoms. The predicted molar refractivity (Wildman–Crippen MR) is 46.1 cm³/mol. The molecular weight excluding hydrogens is 208 g/mol. The Balaban J connectivity index is 3.43. The normalized spacial score (nSPS) is 9.07. The summed E-state index contributed by atoms with van der Waals surface area (Å²) in [5, 5.41) is 8.05. The van der Waals surface area contributed by atoms with Crippen molar-refractivity contribution in [3.05, 3.63) is 12.7 Å². The van der Waals surface area contributed by atoms with Crippen molar-refractivity contribution in [3.63, 3.8) is 0 Å². The fourth-order valence-electron chi connectivity index (χ4n) is 0.527. The summed E-state index contributed by atoms with van der Waals surface area (Å²) in [7, 11) is 0. The van der Waals surface area contributed by atoms with Gasteiger partial charge in [0.1, 0.15) is 13.2 Å². The van der Waals surface area contributed by atoms with Crippen molar-refractivity contribution in [1.29, 1.82) is 0 Å². The van der Waals surface area contributed by atoms with Crippen LogP contribution in [0.4, 0.5) is 4.79 Å². The maximum atomic E-state index is 10.7. The minimum Gasteiger partial charge on any atom is -0.450 e. The Morgan fingerprint density at radius 2 is 1.93 bits per heavy atom. The average molecular weight is 218 g/mol. The Kier molecular flexibility index (Phi) is 6.56. The van der Waals surface area contributed by atoms with Gasteiger partial charge in [-0.2, -0.15) is 0 Å². The molecule has 15 heavy (non-hydrogen) atoms. The molecule has 7 nitrogen and oxygen atoms in total. The average Bonchev–Trinajstić information content (AvgIpc) is 2.16. The standard InChI is InChI=1S/C8H10O7/c1-2-6(9)15-7(10)5-13-3-4-14-8(11)12/h2H,1,3-5H2,(H,11,12). The van der Waals surface area contributed by atoms with Gasteiger partial charge in [-0.3, -0.25) is 0 Å². The first-order chi connectivity index (χ1) is 7.06. The van der Waals surface area contributed by atoms with Gasteiger partial charge < -0.3 is 19.3 Å². The van der Waals surface area contributed by atoms with Gasteiger partial charge in [0.25, 0.3) is 0 Å². The van der Waals surface area contributed by atoms with E-state index in [4.69, 9.17) is 5.11 Å². The second kappa shape index (κ2) is 7.51. The zero-order chi connectivity index (χ0) is 11.7. The summed E-state index contributed by atoms with van der Waals surface area (Å²) >= 11 is 0. The Morgan fingerprint density at radius 3 is 2.47 bits per heavy atom. The highest BCUT2D eigenvalue weighted by Gasteiger charge is 2.07. The lowest BCUT2D eigenvalue weighted by Gasteiger charge is -2.02. The number of esters is 2. The van der Waals surface area contributed by atoms with Crippen LogP contribution in [-0.2, 0) is 23.8 Å². The van der Waals surface area contributed by atoms with Gasteiger partial charge in [-0.1, -0.05) is 6.58 Å². The van der Waals surface area contributed by atoms with Crippen molar-refractivity contribution in [2.75, 3.05) is 19.8 Å². The smallest absolute Gasteiger partial charge is 0.450 e. The van der Waals surface area contributed by atoms with Gasteiger partial charge in [0.05, 0.1) is 6.61 Å². The highest BCUT2D eigenvalue weighted by Crippen LogP contribution is 1.85. The maximum absolute atomic E-state index is 10.7. The molecular formula is C8H10O7.